The lowest BCUT2D eigenvalue weighted by Gasteiger charge is -2.12. The van der Waals surface area contributed by atoms with Crippen molar-refractivity contribution >= 4 is 28.8 Å². The van der Waals surface area contributed by atoms with Gasteiger partial charge in [0, 0.05) is 16.7 Å². The lowest BCUT2D eigenvalue weighted by molar-refractivity contribution is -0.110. The van der Waals surface area contributed by atoms with Crippen molar-refractivity contribution in [1.29, 1.82) is 0 Å². The molecule has 1 aliphatic carbocycles. The van der Waals surface area contributed by atoms with Crippen molar-refractivity contribution in [3.8, 4) is 11.1 Å². The third kappa shape index (κ3) is 2.55. The number of carbonyl (C=O) groups excluding carboxylic acids is 1. The SMILES string of the molecule is C/C=C1\C(=O)Nc2cc(Cl)c(-c3ccc(C4CCCC4)cc3)cc21. The largest absolute Gasteiger partial charge is 0.321 e. The molecular weight excluding hydrogens is 318 g/mol. The number of hydrogen-bond donors (Lipinski definition) is 1. The van der Waals surface area contributed by atoms with Crippen LogP contribution < -0.4 is 5.32 Å². The summed E-state index contributed by atoms with van der Waals surface area (Å²) < 4.78 is 0. The Morgan fingerprint density at radius 3 is 2.46 bits per heavy atom. The molecule has 0 bridgehead atoms. The molecule has 1 heterocycles. The first-order chi connectivity index (χ1) is 11.7. The molecule has 0 aromatic heterocycles. The number of halogens is 1. The van der Waals surface area contributed by atoms with Crippen LogP contribution in [-0.4, -0.2) is 5.91 Å². The van der Waals surface area contributed by atoms with Crippen LogP contribution >= 0.6 is 11.6 Å². The maximum atomic E-state index is 12.0. The van der Waals surface area contributed by atoms with Crippen LogP contribution in [0.5, 0.6) is 0 Å². The van der Waals surface area contributed by atoms with E-state index in [2.05, 4.69) is 29.6 Å². The molecule has 0 spiro atoms. The number of rotatable bonds is 2. The standard InChI is InChI=1S/C21H20ClNO/c1-2-16-18-11-17(19(22)12-20(18)23-21(16)24)15-9-7-14(8-10-15)13-5-3-4-6-13/h2,7-13H,3-6H2,1H3,(H,23,24)/b16-2-. The average molecular weight is 338 g/mol. The van der Waals surface area contributed by atoms with Gasteiger partial charge in [0.25, 0.3) is 5.91 Å². The van der Waals surface area contributed by atoms with Crippen molar-refractivity contribution in [3.05, 3.63) is 58.6 Å². The van der Waals surface area contributed by atoms with Crippen molar-refractivity contribution in [2.45, 2.75) is 38.5 Å². The smallest absolute Gasteiger partial charge is 0.256 e. The quantitative estimate of drug-likeness (QED) is 0.667. The molecule has 122 valence electrons. The Morgan fingerprint density at radius 1 is 1.08 bits per heavy atom. The van der Waals surface area contributed by atoms with Crippen LogP contribution in [0.15, 0.2) is 42.5 Å². The van der Waals surface area contributed by atoms with Gasteiger partial charge >= 0.3 is 0 Å². The molecular formula is C21H20ClNO. The number of fused-ring (bicyclic) bond motifs is 1. The highest BCUT2D eigenvalue weighted by atomic mass is 35.5. The Kier molecular flexibility index (Phi) is 3.93. The second kappa shape index (κ2) is 6.10. The van der Waals surface area contributed by atoms with Gasteiger partial charge in [0.2, 0.25) is 0 Å². The van der Waals surface area contributed by atoms with E-state index in [9.17, 15) is 4.79 Å². The van der Waals surface area contributed by atoms with Gasteiger partial charge in [0.1, 0.15) is 0 Å². The molecule has 1 aliphatic heterocycles. The molecule has 0 unspecified atom stereocenters. The van der Waals surface area contributed by atoms with Crippen LogP contribution in [0.3, 0.4) is 0 Å². The lowest BCUT2D eigenvalue weighted by Crippen LogP contribution is -2.03. The number of amides is 1. The summed E-state index contributed by atoms with van der Waals surface area (Å²) in [6.45, 7) is 1.88. The van der Waals surface area contributed by atoms with Crippen molar-refractivity contribution in [2.24, 2.45) is 0 Å². The summed E-state index contributed by atoms with van der Waals surface area (Å²) in [6.07, 6.45) is 7.14. The van der Waals surface area contributed by atoms with Crippen LogP contribution in [0.25, 0.3) is 16.7 Å². The number of carbonyl (C=O) groups is 1. The molecule has 1 amide bonds. The minimum Gasteiger partial charge on any atom is -0.321 e. The fourth-order valence-corrected chi connectivity index (χ4v) is 4.19. The zero-order valence-corrected chi connectivity index (χ0v) is 14.5. The van der Waals surface area contributed by atoms with Gasteiger partial charge in [-0.25, -0.2) is 0 Å². The number of anilines is 1. The molecule has 1 fully saturated rings. The lowest BCUT2D eigenvalue weighted by atomic mass is 9.94. The Balaban J connectivity index is 1.72. The Hall–Kier alpha value is -2.06. The zero-order valence-electron chi connectivity index (χ0n) is 13.7. The first kappa shape index (κ1) is 15.5. The summed E-state index contributed by atoms with van der Waals surface area (Å²) in [7, 11) is 0. The van der Waals surface area contributed by atoms with Crippen LogP contribution in [0, 0.1) is 0 Å². The minimum atomic E-state index is -0.0581. The average Bonchev–Trinajstić information content (AvgIpc) is 3.21. The predicted molar refractivity (Wildman–Crippen MR) is 100 cm³/mol. The molecule has 2 aromatic rings. The van der Waals surface area contributed by atoms with Crippen molar-refractivity contribution in [3.63, 3.8) is 0 Å². The maximum absolute atomic E-state index is 12.0. The topological polar surface area (TPSA) is 29.1 Å². The molecule has 3 heteroatoms. The Morgan fingerprint density at radius 2 is 1.79 bits per heavy atom. The van der Waals surface area contributed by atoms with E-state index in [0.29, 0.717) is 16.5 Å². The third-order valence-corrected chi connectivity index (χ3v) is 5.54. The zero-order chi connectivity index (χ0) is 16.7. The van der Waals surface area contributed by atoms with Gasteiger partial charge in [0.15, 0.2) is 0 Å². The van der Waals surface area contributed by atoms with Crippen molar-refractivity contribution < 1.29 is 4.79 Å². The predicted octanol–water partition coefficient (Wildman–Crippen LogP) is 6.02. The highest BCUT2D eigenvalue weighted by Gasteiger charge is 2.25. The maximum Gasteiger partial charge on any atom is 0.256 e. The summed E-state index contributed by atoms with van der Waals surface area (Å²) in [5.74, 6) is 0.656. The Labute approximate surface area is 147 Å². The normalized spacial score (nSPS) is 18.9. The van der Waals surface area contributed by atoms with E-state index >= 15 is 0 Å². The fourth-order valence-electron chi connectivity index (χ4n) is 3.91. The summed E-state index contributed by atoms with van der Waals surface area (Å²) in [5, 5.41) is 3.54. The minimum absolute atomic E-state index is 0.0581. The fraction of sp³-hybridized carbons (Fsp3) is 0.286. The second-order valence-corrected chi connectivity index (χ2v) is 7.04. The monoisotopic (exact) mass is 337 g/mol. The van der Waals surface area contributed by atoms with E-state index in [1.807, 2.05) is 25.1 Å². The van der Waals surface area contributed by atoms with Gasteiger partial charge in [-0.05, 0) is 48.9 Å². The summed E-state index contributed by atoms with van der Waals surface area (Å²) >= 11 is 6.48. The molecule has 1 saturated carbocycles. The van der Waals surface area contributed by atoms with E-state index in [0.717, 1.165) is 22.4 Å². The first-order valence-corrected chi connectivity index (χ1v) is 8.97. The van der Waals surface area contributed by atoms with Gasteiger partial charge in [-0.1, -0.05) is 54.8 Å². The number of allylic oxidation sites excluding steroid dienone is 1. The van der Waals surface area contributed by atoms with E-state index in [1.165, 1.54) is 31.2 Å². The van der Waals surface area contributed by atoms with Crippen LogP contribution in [0.1, 0.15) is 49.7 Å². The van der Waals surface area contributed by atoms with Crippen molar-refractivity contribution in [2.75, 3.05) is 5.32 Å². The number of hydrogen-bond acceptors (Lipinski definition) is 1. The highest BCUT2D eigenvalue weighted by Crippen LogP contribution is 2.40. The van der Waals surface area contributed by atoms with Crippen LogP contribution in [0.2, 0.25) is 5.02 Å². The summed E-state index contributed by atoms with van der Waals surface area (Å²) in [5.41, 5.74) is 5.94. The number of benzene rings is 2. The van der Waals surface area contributed by atoms with Crippen LogP contribution in [-0.2, 0) is 4.79 Å². The van der Waals surface area contributed by atoms with E-state index < -0.39 is 0 Å². The third-order valence-electron chi connectivity index (χ3n) is 5.23. The Bertz CT molecular complexity index is 830. The summed E-state index contributed by atoms with van der Waals surface area (Å²) in [4.78, 5) is 12.0. The van der Waals surface area contributed by atoms with Gasteiger partial charge in [0.05, 0.1) is 10.7 Å². The van der Waals surface area contributed by atoms with E-state index in [-0.39, 0.29) is 5.91 Å². The molecule has 24 heavy (non-hydrogen) atoms. The molecule has 2 aromatic carbocycles. The van der Waals surface area contributed by atoms with Crippen LogP contribution in [0.4, 0.5) is 5.69 Å². The van der Waals surface area contributed by atoms with Gasteiger partial charge in [-0.15, -0.1) is 0 Å². The molecule has 2 aliphatic rings. The van der Waals surface area contributed by atoms with E-state index in [4.69, 9.17) is 11.6 Å². The summed E-state index contributed by atoms with van der Waals surface area (Å²) in [6, 6.07) is 12.6. The molecule has 1 N–H and O–H groups in total. The molecule has 0 saturated heterocycles. The van der Waals surface area contributed by atoms with Gasteiger partial charge in [-0.3, -0.25) is 4.79 Å². The van der Waals surface area contributed by atoms with Gasteiger partial charge < -0.3 is 5.32 Å². The van der Waals surface area contributed by atoms with Gasteiger partial charge in [-0.2, -0.15) is 0 Å². The van der Waals surface area contributed by atoms with E-state index in [1.54, 1.807) is 0 Å². The highest BCUT2D eigenvalue weighted by molar-refractivity contribution is 6.36. The molecule has 0 atom stereocenters. The molecule has 2 nitrogen and oxygen atoms in total. The van der Waals surface area contributed by atoms with Crippen molar-refractivity contribution in [1.82, 2.24) is 0 Å². The first-order valence-electron chi connectivity index (χ1n) is 8.59. The molecule has 4 rings (SSSR count). The number of nitrogens with one attached hydrogen (secondary N) is 1. The molecule has 0 radical (unpaired) electrons. The second-order valence-electron chi connectivity index (χ2n) is 6.64.